The highest BCUT2D eigenvalue weighted by Gasteiger charge is 2.41. The number of H-pyrrole nitrogens is 1. The Hall–Kier alpha value is -6.58. The average Bonchev–Trinajstić information content (AvgIpc) is 3.64. The summed E-state index contributed by atoms with van der Waals surface area (Å²) in [5, 5.41) is 23.6. The van der Waals surface area contributed by atoms with Crippen molar-refractivity contribution in [2.24, 2.45) is 5.73 Å². The summed E-state index contributed by atoms with van der Waals surface area (Å²) in [6, 6.07) is 14.4. The van der Waals surface area contributed by atoms with Gasteiger partial charge in [0, 0.05) is 37.1 Å². The monoisotopic (exact) mass is 807 g/mol. The summed E-state index contributed by atoms with van der Waals surface area (Å²) in [4.78, 5) is 89.2. The molecule has 59 heavy (non-hydrogen) atoms. The first kappa shape index (κ1) is 43.5. The van der Waals surface area contributed by atoms with E-state index < -0.39 is 47.2 Å². The number of unbranched alkanes of at least 4 members (excludes halogenated alkanes) is 1. The maximum Gasteiger partial charge on any atom is 0.303 e. The van der Waals surface area contributed by atoms with Gasteiger partial charge in [-0.3, -0.25) is 33.8 Å². The lowest BCUT2D eigenvalue weighted by Gasteiger charge is -2.36. The molecule has 1 fully saturated rings. The number of fused-ring (bicyclic) bond motifs is 1. The minimum absolute atomic E-state index is 0.0218. The molecule has 0 saturated heterocycles. The van der Waals surface area contributed by atoms with Gasteiger partial charge in [0.15, 0.2) is 0 Å². The molecule has 0 radical (unpaired) electrons. The number of amides is 5. The molecule has 0 unspecified atom stereocenters. The van der Waals surface area contributed by atoms with E-state index in [1.807, 2.05) is 43.3 Å². The van der Waals surface area contributed by atoms with Gasteiger partial charge in [-0.1, -0.05) is 49.6 Å². The van der Waals surface area contributed by atoms with Crippen molar-refractivity contribution < 1.29 is 33.9 Å². The van der Waals surface area contributed by atoms with Crippen LogP contribution in [0.2, 0.25) is 0 Å². The van der Waals surface area contributed by atoms with Gasteiger partial charge in [-0.05, 0) is 98.9 Å². The molecule has 1 saturated carbocycles. The third kappa shape index (κ3) is 13.2. The van der Waals surface area contributed by atoms with Gasteiger partial charge in [-0.25, -0.2) is 4.98 Å². The summed E-state index contributed by atoms with van der Waals surface area (Å²) in [7, 11) is 0. The number of hydrogen-bond donors (Lipinski definition) is 8. The number of aryl methyl sites for hydroxylation is 1. The Balaban J connectivity index is 1.23. The number of benzene rings is 2. The maximum absolute atomic E-state index is 13.9. The van der Waals surface area contributed by atoms with Crippen LogP contribution in [-0.4, -0.2) is 79.7 Å². The van der Waals surface area contributed by atoms with Crippen molar-refractivity contribution in [1.82, 2.24) is 36.2 Å². The molecule has 0 aliphatic heterocycles. The number of anilines is 2. The second kappa shape index (κ2) is 21.3. The van der Waals surface area contributed by atoms with Crippen LogP contribution in [0.1, 0.15) is 87.3 Å². The van der Waals surface area contributed by atoms with E-state index in [0.29, 0.717) is 56.6 Å². The molecule has 2 aromatic heterocycles. The molecule has 0 bridgehead atoms. The Morgan fingerprint density at radius 2 is 1.64 bits per heavy atom. The van der Waals surface area contributed by atoms with Gasteiger partial charge in [-0.2, -0.15) is 0 Å². The third-order valence-corrected chi connectivity index (χ3v) is 10.3. The van der Waals surface area contributed by atoms with Gasteiger partial charge in [0.2, 0.25) is 35.5 Å². The number of imidazole rings is 1. The lowest BCUT2D eigenvalue weighted by molar-refractivity contribution is -0.138. The normalized spacial score (nSPS) is 14.5. The predicted octanol–water partition coefficient (Wildman–Crippen LogP) is 4.08. The summed E-state index contributed by atoms with van der Waals surface area (Å²) in [6.45, 7) is 2.30. The molecule has 0 spiro atoms. The van der Waals surface area contributed by atoms with Crippen molar-refractivity contribution in [2.75, 3.05) is 11.9 Å². The SMILES string of the molecule is Cc1cccc2[nH]c(Nc3ccc(CC(=O)N[C@@H](CCCCNC(=O)/C=C/c4cccnc4)C(=O)N[C@@H](CCCC(=O)O)C(=O)NC4(C(N)=O)CCCCC4)cc3)nc12. The number of aliphatic carboxylic acids is 1. The molecule has 16 heteroatoms. The number of nitrogens with two attached hydrogens (primary N) is 1. The van der Waals surface area contributed by atoms with Crippen LogP contribution in [0, 0.1) is 6.92 Å². The number of pyridine rings is 1. The zero-order valence-corrected chi connectivity index (χ0v) is 33.2. The number of carbonyl (C=O) groups is 6. The maximum atomic E-state index is 13.9. The zero-order chi connectivity index (χ0) is 42.2. The first-order valence-electron chi connectivity index (χ1n) is 20.0. The van der Waals surface area contributed by atoms with Crippen LogP contribution in [-0.2, 0) is 35.2 Å². The van der Waals surface area contributed by atoms with Crippen LogP contribution < -0.4 is 32.3 Å². The van der Waals surface area contributed by atoms with Crippen molar-refractivity contribution in [3.63, 3.8) is 0 Å². The molecular formula is C43H53N9O7. The Bertz CT molecular complexity index is 2110. The molecule has 2 heterocycles. The minimum atomic E-state index is -1.27. The van der Waals surface area contributed by atoms with Gasteiger partial charge < -0.3 is 42.4 Å². The summed E-state index contributed by atoms with van der Waals surface area (Å²) in [6.07, 6.45) is 10.1. The van der Waals surface area contributed by atoms with Crippen molar-refractivity contribution in [3.8, 4) is 0 Å². The Morgan fingerprint density at radius 1 is 0.898 bits per heavy atom. The molecule has 1 aliphatic carbocycles. The standard InChI is InChI=1S/C43H53N9O7/c1-28-10-7-13-32-38(28)51-42(50-32)47-31-19-16-29(17-20-31)26-36(54)48-33(12-3-6-25-46-35(53)21-18-30-11-9-24-45-27-30)39(57)49-34(14-8-15-37(55)56)40(58)52-43(41(44)59)22-4-2-5-23-43/h7,9-11,13,16-21,24,27,33-34H,2-6,8,12,14-15,22-23,25-26H2,1H3,(H2,44,59)(H,46,53)(H,48,54)(H,49,57)(H,52,58)(H,55,56)(H2,47,50,51)/b21-18+/t33-,34-/m0/s1. The number of nitrogens with zero attached hydrogens (tertiary/aromatic N) is 2. The number of aromatic amines is 1. The van der Waals surface area contributed by atoms with E-state index in [0.717, 1.165) is 34.3 Å². The largest absolute Gasteiger partial charge is 0.481 e. The number of hydrogen-bond acceptors (Lipinski definition) is 9. The molecule has 2 atom stereocenters. The summed E-state index contributed by atoms with van der Waals surface area (Å²) in [5.74, 6) is -3.18. The van der Waals surface area contributed by atoms with Crippen LogP contribution in [0.5, 0.6) is 0 Å². The summed E-state index contributed by atoms with van der Waals surface area (Å²) < 4.78 is 0. The van der Waals surface area contributed by atoms with Crippen LogP contribution >= 0.6 is 0 Å². The van der Waals surface area contributed by atoms with Gasteiger partial charge in [0.05, 0.1) is 17.5 Å². The number of nitrogens with one attached hydrogen (secondary N) is 6. The van der Waals surface area contributed by atoms with E-state index in [9.17, 15) is 33.9 Å². The van der Waals surface area contributed by atoms with Gasteiger partial charge in [0.25, 0.3) is 0 Å². The molecule has 1 aliphatic rings. The fraction of sp³-hybridized carbons (Fsp3) is 0.395. The van der Waals surface area contributed by atoms with Crippen LogP contribution in [0.4, 0.5) is 11.6 Å². The fourth-order valence-electron chi connectivity index (χ4n) is 7.08. The molecule has 16 nitrogen and oxygen atoms in total. The summed E-state index contributed by atoms with van der Waals surface area (Å²) in [5.41, 5.74) is 9.51. The molecule has 4 aromatic rings. The highest BCUT2D eigenvalue weighted by molar-refractivity contribution is 5.96. The first-order valence-corrected chi connectivity index (χ1v) is 20.0. The third-order valence-electron chi connectivity index (χ3n) is 10.3. The molecule has 9 N–H and O–H groups in total. The van der Waals surface area contributed by atoms with Crippen LogP contribution in [0.15, 0.2) is 73.1 Å². The van der Waals surface area contributed by atoms with Crippen molar-refractivity contribution in [1.29, 1.82) is 0 Å². The van der Waals surface area contributed by atoms with Gasteiger partial charge >= 0.3 is 5.97 Å². The number of carboxylic acids is 1. The molecule has 2 aromatic carbocycles. The first-order chi connectivity index (χ1) is 28.4. The van der Waals surface area contributed by atoms with Crippen molar-refractivity contribution in [3.05, 3.63) is 89.8 Å². The molecule has 5 rings (SSSR count). The fourth-order valence-corrected chi connectivity index (χ4v) is 7.08. The predicted molar refractivity (Wildman–Crippen MR) is 223 cm³/mol. The van der Waals surface area contributed by atoms with E-state index in [-0.39, 0.29) is 38.0 Å². The highest BCUT2D eigenvalue weighted by atomic mass is 16.4. The van der Waals surface area contributed by atoms with Crippen molar-refractivity contribution >= 4 is 64.3 Å². The van der Waals surface area contributed by atoms with Crippen LogP contribution in [0.25, 0.3) is 17.1 Å². The number of primary amides is 1. The lowest BCUT2D eigenvalue weighted by Crippen LogP contribution is -2.62. The number of rotatable bonds is 21. The van der Waals surface area contributed by atoms with E-state index in [1.54, 1.807) is 36.7 Å². The Morgan fingerprint density at radius 3 is 2.34 bits per heavy atom. The summed E-state index contributed by atoms with van der Waals surface area (Å²) >= 11 is 0. The van der Waals surface area contributed by atoms with Gasteiger partial charge in [-0.15, -0.1) is 0 Å². The molecule has 5 amide bonds. The van der Waals surface area contributed by atoms with Crippen molar-refractivity contribution in [2.45, 2.75) is 102 Å². The second-order valence-corrected chi connectivity index (χ2v) is 14.9. The highest BCUT2D eigenvalue weighted by Crippen LogP contribution is 2.28. The number of carbonyl (C=O) groups excluding carboxylic acids is 5. The second-order valence-electron chi connectivity index (χ2n) is 14.9. The quantitative estimate of drug-likeness (QED) is 0.0443. The van der Waals surface area contributed by atoms with Crippen LogP contribution in [0.3, 0.4) is 0 Å². The smallest absolute Gasteiger partial charge is 0.303 e. The van der Waals surface area contributed by atoms with E-state index in [1.165, 1.54) is 6.08 Å². The molecular weight excluding hydrogens is 755 g/mol. The lowest BCUT2D eigenvalue weighted by atomic mass is 9.80. The van der Waals surface area contributed by atoms with Gasteiger partial charge in [0.1, 0.15) is 17.6 Å². The molecule has 312 valence electrons. The number of aromatic nitrogens is 3. The topological polar surface area (TPSA) is 250 Å². The zero-order valence-electron chi connectivity index (χ0n) is 33.2. The minimum Gasteiger partial charge on any atom is -0.481 e. The van der Waals surface area contributed by atoms with E-state index >= 15 is 0 Å². The average molecular weight is 808 g/mol. The number of carboxylic acid groups (broad SMARTS) is 1. The number of para-hydroxylation sites is 1. The Kier molecular flexibility index (Phi) is 15.7. The van der Waals surface area contributed by atoms with E-state index in [2.05, 4.69) is 41.5 Å². The Labute approximate surface area is 342 Å². The van der Waals surface area contributed by atoms with E-state index in [4.69, 9.17) is 5.73 Å².